The molecule has 3 aromatic rings. The highest BCUT2D eigenvalue weighted by atomic mass is 32.1. The van der Waals surface area contributed by atoms with E-state index < -0.39 is 17.6 Å². The van der Waals surface area contributed by atoms with Crippen molar-refractivity contribution in [1.82, 2.24) is 15.2 Å². The number of aromatic nitrogens is 1. The second kappa shape index (κ2) is 12.4. The molecule has 1 aromatic heterocycles. The summed E-state index contributed by atoms with van der Waals surface area (Å²) in [5.74, 6) is 0.131. The van der Waals surface area contributed by atoms with Crippen LogP contribution in [0, 0.1) is 0 Å². The second-order valence-electron chi connectivity index (χ2n) is 7.58. The molecule has 3 amide bonds. The van der Waals surface area contributed by atoms with Gasteiger partial charge in [0.2, 0.25) is 0 Å². The molecule has 2 aromatic carbocycles. The maximum atomic E-state index is 12.9. The van der Waals surface area contributed by atoms with Gasteiger partial charge < -0.3 is 25.0 Å². The largest absolute Gasteiger partial charge is 0.497 e. The molecule has 0 fully saturated rings. The van der Waals surface area contributed by atoms with Crippen molar-refractivity contribution >= 4 is 29.0 Å². The number of nitrogens with one attached hydrogen (secondary N) is 2. The van der Waals surface area contributed by atoms with Crippen LogP contribution in [0.1, 0.15) is 26.6 Å². The summed E-state index contributed by atoms with van der Waals surface area (Å²) in [5.41, 5.74) is 0.227. The molecule has 0 atom stereocenters. The molecule has 0 aliphatic heterocycles. The first-order chi connectivity index (χ1) is 17.2. The van der Waals surface area contributed by atoms with E-state index in [4.69, 9.17) is 9.47 Å². The zero-order valence-electron chi connectivity index (χ0n) is 19.6. The number of hydrogen-bond acceptors (Lipinski definition) is 6. The molecule has 0 saturated carbocycles. The van der Waals surface area contributed by atoms with Gasteiger partial charge in [0.1, 0.15) is 16.5 Å². The minimum absolute atomic E-state index is 0.0835. The Bertz CT molecular complexity index is 1170. The number of amides is 3. The number of halogens is 3. The standard InChI is InChI=1S/C24H25F3N4O4S/c1-34-11-10-31(23(33)29-18-6-8-19(35-2)9-7-18)14-21-30-20(15-36-21)22(32)28-13-16-4-3-5-17(12-16)24(25,26)27/h3-9,12,15H,10-11,13-14H2,1-2H3,(H,28,32)(H,29,33). The van der Waals surface area contributed by atoms with Crippen LogP contribution in [0.2, 0.25) is 0 Å². The lowest BCUT2D eigenvalue weighted by atomic mass is 10.1. The van der Waals surface area contributed by atoms with Gasteiger partial charge in [0.25, 0.3) is 5.91 Å². The Balaban J connectivity index is 1.61. The monoisotopic (exact) mass is 522 g/mol. The summed E-state index contributed by atoms with van der Waals surface area (Å²) in [5, 5.41) is 7.42. The fourth-order valence-electron chi connectivity index (χ4n) is 3.11. The number of benzene rings is 2. The number of rotatable bonds is 10. The van der Waals surface area contributed by atoms with Crippen LogP contribution in [-0.2, 0) is 24.0 Å². The molecule has 0 saturated heterocycles. The van der Waals surface area contributed by atoms with E-state index in [-0.39, 0.29) is 31.4 Å². The minimum Gasteiger partial charge on any atom is -0.497 e. The number of ether oxygens (including phenoxy) is 2. The third-order valence-corrected chi connectivity index (χ3v) is 5.85. The van der Waals surface area contributed by atoms with E-state index in [1.54, 1.807) is 31.4 Å². The Morgan fingerprint density at radius 3 is 2.53 bits per heavy atom. The molecule has 12 heteroatoms. The van der Waals surface area contributed by atoms with E-state index in [9.17, 15) is 22.8 Å². The topological polar surface area (TPSA) is 92.8 Å². The number of urea groups is 1. The highest BCUT2D eigenvalue weighted by molar-refractivity contribution is 7.09. The van der Waals surface area contributed by atoms with Crippen LogP contribution < -0.4 is 15.4 Å². The van der Waals surface area contributed by atoms with Gasteiger partial charge in [0, 0.05) is 31.3 Å². The highest BCUT2D eigenvalue weighted by Crippen LogP contribution is 2.29. The maximum absolute atomic E-state index is 12.9. The fourth-order valence-corrected chi connectivity index (χ4v) is 3.90. The van der Waals surface area contributed by atoms with Crippen LogP contribution in [0.3, 0.4) is 0 Å². The van der Waals surface area contributed by atoms with Crippen molar-refractivity contribution in [1.29, 1.82) is 0 Å². The number of hydrogen-bond donors (Lipinski definition) is 2. The van der Waals surface area contributed by atoms with Crippen LogP contribution in [0.4, 0.5) is 23.7 Å². The van der Waals surface area contributed by atoms with E-state index in [2.05, 4.69) is 15.6 Å². The lowest BCUT2D eigenvalue weighted by Crippen LogP contribution is -2.36. The quantitative estimate of drug-likeness (QED) is 0.400. The van der Waals surface area contributed by atoms with E-state index in [0.717, 1.165) is 12.1 Å². The van der Waals surface area contributed by atoms with Crippen molar-refractivity contribution < 1.29 is 32.2 Å². The van der Waals surface area contributed by atoms with E-state index >= 15 is 0 Å². The van der Waals surface area contributed by atoms with Gasteiger partial charge in [-0.15, -0.1) is 11.3 Å². The van der Waals surface area contributed by atoms with Crippen molar-refractivity contribution in [2.75, 3.05) is 32.7 Å². The van der Waals surface area contributed by atoms with Crippen LogP contribution in [-0.4, -0.2) is 49.2 Å². The number of nitrogens with zero attached hydrogens (tertiary/aromatic N) is 2. The van der Waals surface area contributed by atoms with Gasteiger partial charge in [0.05, 0.1) is 25.8 Å². The summed E-state index contributed by atoms with van der Waals surface area (Å²) < 4.78 is 48.9. The van der Waals surface area contributed by atoms with Gasteiger partial charge in [-0.1, -0.05) is 12.1 Å². The lowest BCUT2D eigenvalue weighted by Gasteiger charge is -2.22. The third-order valence-electron chi connectivity index (χ3n) is 5.01. The van der Waals surface area contributed by atoms with E-state index in [0.29, 0.717) is 28.6 Å². The first-order valence-electron chi connectivity index (χ1n) is 10.8. The Hall–Kier alpha value is -3.64. The molecule has 36 heavy (non-hydrogen) atoms. The number of alkyl halides is 3. The van der Waals surface area contributed by atoms with Crippen LogP contribution in [0.5, 0.6) is 5.75 Å². The van der Waals surface area contributed by atoms with Gasteiger partial charge in [0.15, 0.2) is 0 Å². The smallest absolute Gasteiger partial charge is 0.416 e. The van der Waals surface area contributed by atoms with Gasteiger partial charge in [-0.2, -0.15) is 13.2 Å². The normalized spacial score (nSPS) is 11.1. The van der Waals surface area contributed by atoms with Crippen molar-refractivity contribution in [3.63, 3.8) is 0 Å². The third kappa shape index (κ3) is 7.68. The number of carbonyl (C=O) groups is 2. The maximum Gasteiger partial charge on any atom is 0.416 e. The Kier molecular flexibility index (Phi) is 9.25. The van der Waals surface area contributed by atoms with Crippen LogP contribution in [0.15, 0.2) is 53.9 Å². The molecule has 0 aliphatic carbocycles. The van der Waals surface area contributed by atoms with Gasteiger partial charge >= 0.3 is 12.2 Å². The zero-order valence-corrected chi connectivity index (χ0v) is 20.4. The molecule has 3 rings (SSSR count). The molecular formula is C24H25F3N4O4S. The van der Waals surface area contributed by atoms with Crippen LogP contribution >= 0.6 is 11.3 Å². The summed E-state index contributed by atoms with van der Waals surface area (Å²) in [6, 6.07) is 11.2. The van der Waals surface area contributed by atoms with Crippen LogP contribution in [0.25, 0.3) is 0 Å². The van der Waals surface area contributed by atoms with Crippen molar-refractivity contribution in [3.05, 3.63) is 75.7 Å². The number of carbonyl (C=O) groups excluding carboxylic acids is 2. The Labute approximate surface area is 210 Å². The average Bonchev–Trinajstić information content (AvgIpc) is 3.34. The van der Waals surface area contributed by atoms with Gasteiger partial charge in [-0.05, 0) is 42.0 Å². The summed E-state index contributed by atoms with van der Waals surface area (Å²) >= 11 is 1.20. The summed E-state index contributed by atoms with van der Waals surface area (Å²) in [6.07, 6.45) is -4.46. The van der Waals surface area contributed by atoms with Gasteiger partial charge in [-0.3, -0.25) is 4.79 Å². The van der Waals surface area contributed by atoms with Crippen molar-refractivity contribution in [2.24, 2.45) is 0 Å². The summed E-state index contributed by atoms with van der Waals surface area (Å²) in [6.45, 7) is 0.637. The number of thiazole rings is 1. The molecule has 2 N–H and O–H groups in total. The molecule has 0 bridgehead atoms. The predicted molar refractivity (Wildman–Crippen MR) is 129 cm³/mol. The molecule has 1 heterocycles. The van der Waals surface area contributed by atoms with Crippen molar-refractivity contribution in [3.8, 4) is 5.75 Å². The summed E-state index contributed by atoms with van der Waals surface area (Å²) in [4.78, 5) is 31.1. The fraction of sp³-hybridized carbons (Fsp3) is 0.292. The number of anilines is 1. The SMILES string of the molecule is COCCN(Cc1nc(C(=O)NCc2cccc(C(F)(F)F)c2)cs1)C(=O)Nc1ccc(OC)cc1. The number of methoxy groups -OCH3 is 2. The zero-order chi connectivity index (χ0) is 26.1. The molecular weight excluding hydrogens is 497 g/mol. The Morgan fingerprint density at radius 2 is 1.86 bits per heavy atom. The summed E-state index contributed by atoms with van der Waals surface area (Å²) in [7, 11) is 3.07. The minimum atomic E-state index is -4.46. The molecule has 192 valence electrons. The second-order valence-corrected chi connectivity index (χ2v) is 8.52. The molecule has 0 aliphatic rings. The van der Waals surface area contributed by atoms with E-state index in [1.165, 1.54) is 40.9 Å². The molecule has 0 spiro atoms. The average molecular weight is 523 g/mol. The molecule has 0 unspecified atom stereocenters. The predicted octanol–water partition coefficient (Wildman–Crippen LogP) is 4.78. The van der Waals surface area contributed by atoms with Gasteiger partial charge in [-0.25, -0.2) is 9.78 Å². The first kappa shape index (κ1) is 27.0. The lowest BCUT2D eigenvalue weighted by molar-refractivity contribution is -0.137. The van der Waals surface area contributed by atoms with E-state index in [1.807, 2.05) is 0 Å². The molecule has 0 radical (unpaired) electrons. The first-order valence-corrected chi connectivity index (χ1v) is 11.6. The highest BCUT2D eigenvalue weighted by Gasteiger charge is 2.30. The van der Waals surface area contributed by atoms with Crippen molar-refractivity contribution in [2.45, 2.75) is 19.3 Å². The Morgan fingerprint density at radius 1 is 1.11 bits per heavy atom. The molecule has 8 nitrogen and oxygen atoms in total.